The number of hydrogen-bond acceptors (Lipinski definition) is 3. The van der Waals surface area contributed by atoms with E-state index in [0.717, 1.165) is 48.5 Å². The van der Waals surface area contributed by atoms with E-state index in [-0.39, 0.29) is 0 Å². The summed E-state index contributed by atoms with van der Waals surface area (Å²) in [6.07, 6.45) is 9.67. The molecule has 3 aliphatic heterocycles. The maximum atomic E-state index is 11.2. The average Bonchev–Trinajstić information content (AvgIpc) is 2.74. The van der Waals surface area contributed by atoms with Crippen LogP contribution in [0.25, 0.3) is 18.0 Å². The van der Waals surface area contributed by atoms with Crippen molar-refractivity contribution in [1.82, 2.24) is 20.0 Å². The third-order valence-corrected chi connectivity index (χ3v) is 4.18. The fraction of sp³-hybridized carbons (Fsp3) is 0.333. The van der Waals surface area contributed by atoms with Crippen LogP contribution >= 0.6 is 0 Å². The van der Waals surface area contributed by atoms with Gasteiger partial charge in [-0.2, -0.15) is 5.10 Å². The molecule has 1 aromatic rings. The number of nitrogens with zero attached hydrogens (tertiary/aromatic N) is 3. The molecule has 1 aromatic heterocycles. The summed E-state index contributed by atoms with van der Waals surface area (Å²) >= 11 is 0. The van der Waals surface area contributed by atoms with Crippen molar-refractivity contribution >= 4 is 24.1 Å². The summed E-state index contributed by atoms with van der Waals surface area (Å²) in [5.74, 6) is 0. The Kier molecular flexibility index (Phi) is 2.63. The number of rotatable bonds is 0. The van der Waals surface area contributed by atoms with Crippen LogP contribution in [0.1, 0.15) is 36.2 Å². The van der Waals surface area contributed by atoms with Gasteiger partial charge in [0, 0.05) is 24.5 Å². The molecule has 6 heteroatoms. The van der Waals surface area contributed by atoms with Crippen molar-refractivity contribution in [3.63, 3.8) is 0 Å². The van der Waals surface area contributed by atoms with Crippen molar-refractivity contribution in [2.45, 2.75) is 25.8 Å². The number of carboxylic acid groups (broad SMARTS) is 1. The monoisotopic (exact) mass is 284 g/mol. The number of fused-ring (bicyclic) bond motifs is 4. The summed E-state index contributed by atoms with van der Waals surface area (Å²) in [6.45, 7) is 1.31. The normalized spacial score (nSPS) is 19.5. The lowest BCUT2D eigenvalue weighted by molar-refractivity contribution is 0.161. The highest BCUT2D eigenvalue weighted by molar-refractivity contribution is 5.76. The molecule has 6 nitrogen and oxygen atoms in total. The van der Waals surface area contributed by atoms with E-state index in [1.807, 2.05) is 10.9 Å². The topological polar surface area (TPSA) is 70.4 Å². The highest BCUT2D eigenvalue weighted by Gasteiger charge is 2.28. The minimum Gasteiger partial charge on any atom is -0.465 e. The van der Waals surface area contributed by atoms with Crippen LogP contribution in [-0.2, 0) is 6.54 Å². The first-order chi connectivity index (χ1) is 10.2. The Labute approximate surface area is 122 Å². The van der Waals surface area contributed by atoms with Gasteiger partial charge in [-0.1, -0.05) is 6.08 Å². The zero-order valence-electron chi connectivity index (χ0n) is 11.5. The molecule has 0 aromatic carbocycles. The van der Waals surface area contributed by atoms with Crippen molar-refractivity contribution in [3.8, 4) is 0 Å². The van der Waals surface area contributed by atoms with Crippen LogP contribution in [0, 0.1) is 0 Å². The maximum Gasteiger partial charge on any atom is 0.411 e. The molecule has 1 amide bonds. The van der Waals surface area contributed by atoms with E-state index in [2.05, 4.69) is 16.5 Å². The largest absolute Gasteiger partial charge is 0.465 e. The van der Waals surface area contributed by atoms with Gasteiger partial charge >= 0.3 is 6.09 Å². The van der Waals surface area contributed by atoms with Crippen molar-refractivity contribution in [2.75, 3.05) is 6.54 Å². The first-order valence-corrected chi connectivity index (χ1v) is 7.16. The summed E-state index contributed by atoms with van der Waals surface area (Å²) in [5.41, 5.74) is 5.38. The number of nitrogens with one attached hydrogen (secondary N) is 1. The van der Waals surface area contributed by atoms with Gasteiger partial charge < -0.3 is 10.4 Å². The minimum atomic E-state index is -0.938. The maximum absolute atomic E-state index is 11.2. The highest BCUT2D eigenvalue weighted by Crippen LogP contribution is 2.34. The smallest absolute Gasteiger partial charge is 0.411 e. The summed E-state index contributed by atoms with van der Waals surface area (Å²) in [4.78, 5) is 12.5. The first kappa shape index (κ1) is 12.3. The SMILES string of the molecule is O=C(O)N1C=Cc2nn3c(c2C1)C1=C(CC=C3)CCCN1. The van der Waals surface area contributed by atoms with E-state index in [9.17, 15) is 9.90 Å². The lowest BCUT2D eigenvalue weighted by Gasteiger charge is -2.23. The van der Waals surface area contributed by atoms with Crippen molar-refractivity contribution in [3.05, 3.63) is 34.8 Å². The number of hydrogen-bond donors (Lipinski definition) is 2. The molecule has 21 heavy (non-hydrogen) atoms. The third-order valence-electron chi connectivity index (χ3n) is 4.18. The second-order valence-electron chi connectivity index (χ2n) is 5.48. The second kappa shape index (κ2) is 4.51. The molecule has 0 saturated carbocycles. The lowest BCUT2D eigenvalue weighted by atomic mass is 9.97. The summed E-state index contributed by atoms with van der Waals surface area (Å²) < 4.78 is 1.88. The van der Waals surface area contributed by atoms with Crippen LogP contribution in [0.3, 0.4) is 0 Å². The lowest BCUT2D eigenvalue weighted by Crippen LogP contribution is -2.27. The first-order valence-electron chi connectivity index (χ1n) is 7.16. The summed E-state index contributed by atoms with van der Waals surface area (Å²) in [6, 6.07) is 0. The number of carbonyl (C=O) groups is 1. The molecule has 3 aliphatic rings. The zero-order valence-corrected chi connectivity index (χ0v) is 11.5. The number of amides is 1. The molecule has 4 rings (SSSR count). The number of allylic oxidation sites excluding steroid dienone is 2. The third kappa shape index (κ3) is 1.86. The van der Waals surface area contributed by atoms with Crippen molar-refractivity contribution in [2.24, 2.45) is 0 Å². The van der Waals surface area contributed by atoms with E-state index in [1.54, 1.807) is 12.3 Å². The van der Waals surface area contributed by atoms with Crippen LogP contribution in [-0.4, -0.2) is 32.4 Å². The second-order valence-corrected chi connectivity index (χ2v) is 5.48. The summed E-state index contributed by atoms with van der Waals surface area (Å²) in [5, 5.41) is 17.3. The van der Waals surface area contributed by atoms with E-state index in [1.165, 1.54) is 10.5 Å². The van der Waals surface area contributed by atoms with Crippen molar-refractivity contribution in [1.29, 1.82) is 0 Å². The van der Waals surface area contributed by atoms with E-state index < -0.39 is 6.09 Å². The zero-order chi connectivity index (χ0) is 14.4. The van der Waals surface area contributed by atoms with E-state index in [4.69, 9.17) is 0 Å². The Morgan fingerprint density at radius 3 is 3.14 bits per heavy atom. The fourth-order valence-electron chi connectivity index (χ4n) is 3.18. The molecular weight excluding hydrogens is 268 g/mol. The van der Waals surface area contributed by atoms with Crippen molar-refractivity contribution < 1.29 is 9.90 Å². The van der Waals surface area contributed by atoms with Crippen LogP contribution in [0.4, 0.5) is 4.79 Å². The van der Waals surface area contributed by atoms with E-state index >= 15 is 0 Å². The molecule has 0 spiro atoms. The molecule has 0 radical (unpaired) electrons. The fourth-order valence-corrected chi connectivity index (χ4v) is 3.18. The molecule has 0 fully saturated rings. The predicted octanol–water partition coefficient (Wildman–Crippen LogP) is 2.32. The minimum absolute atomic E-state index is 0.350. The molecule has 0 unspecified atom stereocenters. The van der Waals surface area contributed by atoms with Gasteiger partial charge in [0.1, 0.15) is 0 Å². The molecule has 0 bridgehead atoms. The quantitative estimate of drug-likeness (QED) is 0.767. The number of aromatic nitrogens is 2. The van der Waals surface area contributed by atoms with Crippen LogP contribution in [0.5, 0.6) is 0 Å². The van der Waals surface area contributed by atoms with Gasteiger partial charge in [-0.25, -0.2) is 9.48 Å². The van der Waals surface area contributed by atoms with Gasteiger partial charge in [-0.15, -0.1) is 0 Å². The van der Waals surface area contributed by atoms with Crippen LogP contribution in [0.2, 0.25) is 0 Å². The molecular formula is C15H16N4O2. The molecule has 2 N–H and O–H groups in total. The van der Waals surface area contributed by atoms with Gasteiger partial charge in [0.25, 0.3) is 0 Å². The van der Waals surface area contributed by atoms with Crippen LogP contribution in [0.15, 0.2) is 17.8 Å². The summed E-state index contributed by atoms with van der Waals surface area (Å²) in [7, 11) is 0. The Morgan fingerprint density at radius 1 is 1.38 bits per heavy atom. The van der Waals surface area contributed by atoms with E-state index in [0.29, 0.717) is 6.54 Å². The Balaban J connectivity index is 1.87. The molecule has 0 saturated heterocycles. The van der Waals surface area contributed by atoms with Gasteiger partial charge in [0.15, 0.2) is 0 Å². The highest BCUT2D eigenvalue weighted by atomic mass is 16.4. The Hall–Kier alpha value is -2.50. The molecule has 0 aliphatic carbocycles. The molecule has 4 heterocycles. The average molecular weight is 284 g/mol. The Morgan fingerprint density at radius 2 is 2.29 bits per heavy atom. The van der Waals surface area contributed by atoms with Crippen LogP contribution < -0.4 is 5.32 Å². The van der Waals surface area contributed by atoms with Gasteiger partial charge in [-0.05, 0) is 30.9 Å². The molecule has 108 valence electrons. The molecule has 0 atom stereocenters. The van der Waals surface area contributed by atoms with Gasteiger partial charge in [0.2, 0.25) is 0 Å². The van der Waals surface area contributed by atoms with Gasteiger partial charge in [0.05, 0.1) is 23.6 Å². The predicted molar refractivity (Wildman–Crippen MR) is 78.9 cm³/mol. The Bertz CT molecular complexity index is 712. The standard InChI is InChI=1S/C15H16N4O2/c20-15(21)18-8-5-12-11(9-18)14-13-10(3-1-6-16-13)4-2-7-19(14)17-12/h2,5,7-8,16H,1,3-4,6,9H2,(H,20,21). The van der Waals surface area contributed by atoms with Gasteiger partial charge in [-0.3, -0.25) is 4.90 Å².